The molecule has 0 unspecified atom stereocenters. The van der Waals surface area contributed by atoms with Crippen molar-refractivity contribution < 1.29 is 22.6 Å². The summed E-state index contributed by atoms with van der Waals surface area (Å²) in [6.45, 7) is 1.62. The maximum atomic E-state index is 13.3. The number of allylic oxidation sites excluding steroid dienone is 3. The molecule has 1 saturated carbocycles. The summed E-state index contributed by atoms with van der Waals surface area (Å²) < 4.78 is 51.0. The lowest BCUT2D eigenvalue weighted by molar-refractivity contribution is -0.139. The Morgan fingerprint density at radius 1 is 1.19 bits per heavy atom. The first-order chi connectivity index (χ1) is 15.4. The standard InChI is InChI=1S/C25H33F3N2O2/c1-31-22-20(25(26,27)28)16-19(17-30-22)8-2-4-10-23(21-9-3-7-14-29-21)13-15-32-24(18-23)11-5-6-12-24/h3,7,9,16-17,29H,2,4-6,8,10-15,18H2,1H3/t23-/m1/s1. The van der Waals surface area contributed by atoms with E-state index in [1.165, 1.54) is 37.9 Å². The number of nitrogens with zero attached hydrogens (tertiary/aromatic N) is 1. The molecular weight excluding hydrogens is 417 g/mol. The van der Waals surface area contributed by atoms with Gasteiger partial charge in [-0.2, -0.15) is 13.2 Å². The van der Waals surface area contributed by atoms with Crippen LogP contribution in [0.4, 0.5) is 13.2 Å². The van der Waals surface area contributed by atoms with Crippen LogP contribution in [-0.4, -0.2) is 30.8 Å². The molecular formula is C25H33F3N2O2. The summed E-state index contributed by atoms with van der Waals surface area (Å²) in [6, 6.07) is 1.18. The molecule has 4 rings (SSSR count). The van der Waals surface area contributed by atoms with Gasteiger partial charge in [0.05, 0.1) is 12.7 Å². The molecule has 0 aromatic carbocycles. The Hall–Kier alpha value is -2.02. The van der Waals surface area contributed by atoms with E-state index in [0.717, 1.165) is 58.1 Å². The van der Waals surface area contributed by atoms with Gasteiger partial charge >= 0.3 is 6.18 Å². The number of pyridine rings is 1. The van der Waals surface area contributed by atoms with E-state index in [0.29, 0.717) is 12.0 Å². The summed E-state index contributed by atoms with van der Waals surface area (Å²) in [5.41, 5.74) is 1.17. The van der Waals surface area contributed by atoms with Crippen LogP contribution in [0.5, 0.6) is 5.88 Å². The molecule has 0 amide bonds. The minimum Gasteiger partial charge on any atom is -0.481 e. The average molecular weight is 451 g/mol. The predicted molar refractivity (Wildman–Crippen MR) is 117 cm³/mol. The van der Waals surface area contributed by atoms with Crippen LogP contribution in [0.3, 0.4) is 0 Å². The molecule has 0 radical (unpaired) electrons. The highest BCUT2D eigenvalue weighted by Gasteiger charge is 2.48. The van der Waals surface area contributed by atoms with Crippen molar-refractivity contribution in [2.24, 2.45) is 5.41 Å². The van der Waals surface area contributed by atoms with Crippen LogP contribution in [0.15, 0.2) is 36.2 Å². The van der Waals surface area contributed by atoms with Crippen LogP contribution in [-0.2, 0) is 17.3 Å². The summed E-state index contributed by atoms with van der Waals surface area (Å²) in [4.78, 5) is 3.88. The lowest BCUT2D eigenvalue weighted by Crippen LogP contribution is -2.47. The first-order valence-electron chi connectivity index (χ1n) is 11.7. The first kappa shape index (κ1) is 23.1. The maximum Gasteiger partial charge on any atom is 0.421 e. The zero-order chi connectivity index (χ0) is 22.7. The summed E-state index contributed by atoms with van der Waals surface area (Å²) in [6.07, 6.45) is 13.6. The third kappa shape index (κ3) is 4.98. The predicted octanol–water partition coefficient (Wildman–Crippen LogP) is 5.97. The topological polar surface area (TPSA) is 43.4 Å². The molecule has 4 nitrogen and oxygen atoms in total. The second kappa shape index (κ2) is 9.46. The highest BCUT2D eigenvalue weighted by atomic mass is 19.4. The fourth-order valence-electron chi connectivity index (χ4n) is 5.75. The third-order valence-electron chi connectivity index (χ3n) is 7.32. The van der Waals surface area contributed by atoms with Gasteiger partial charge in [0, 0.05) is 30.5 Å². The molecule has 176 valence electrons. The van der Waals surface area contributed by atoms with Crippen LogP contribution in [0.2, 0.25) is 0 Å². The van der Waals surface area contributed by atoms with Crippen molar-refractivity contribution in [1.82, 2.24) is 10.3 Å². The van der Waals surface area contributed by atoms with Gasteiger partial charge in [-0.1, -0.05) is 31.4 Å². The zero-order valence-corrected chi connectivity index (χ0v) is 18.8. The molecule has 2 aliphatic heterocycles. The number of hydrogen-bond donors (Lipinski definition) is 1. The number of methoxy groups -OCH3 is 1. The second-order valence-corrected chi connectivity index (χ2v) is 9.44. The van der Waals surface area contributed by atoms with E-state index in [1.54, 1.807) is 0 Å². The Bertz CT molecular complexity index is 859. The molecule has 32 heavy (non-hydrogen) atoms. The average Bonchev–Trinajstić information content (AvgIpc) is 3.24. The largest absolute Gasteiger partial charge is 0.481 e. The Morgan fingerprint density at radius 2 is 2.00 bits per heavy atom. The quantitative estimate of drug-likeness (QED) is 0.520. The Labute approximate surface area is 188 Å². The number of hydrogen-bond acceptors (Lipinski definition) is 4. The number of halogens is 3. The molecule has 1 N–H and O–H groups in total. The molecule has 0 bridgehead atoms. The van der Waals surface area contributed by atoms with Crippen molar-refractivity contribution in [2.75, 3.05) is 20.3 Å². The van der Waals surface area contributed by atoms with Crippen LogP contribution < -0.4 is 10.1 Å². The van der Waals surface area contributed by atoms with Crippen LogP contribution in [0, 0.1) is 5.41 Å². The van der Waals surface area contributed by atoms with Gasteiger partial charge in [0.1, 0.15) is 5.56 Å². The minimum absolute atomic E-state index is 0.00342. The Kier molecular flexibility index (Phi) is 6.84. The first-order valence-corrected chi connectivity index (χ1v) is 11.7. The Morgan fingerprint density at radius 3 is 2.69 bits per heavy atom. The zero-order valence-electron chi connectivity index (χ0n) is 18.8. The highest BCUT2D eigenvalue weighted by Crippen LogP contribution is 2.52. The lowest BCUT2D eigenvalue weighted by Gasteiger charge is -2.48. The number of alkyl halides is 3. The summed E-state index contributed by atoms with van der Waals surface area (Å²) in [5, 5.41) is 3.60. The van der Waals surface area contributed by atoms with Gasteiger partial charge < -0.3 is 14.8 Å². The van der Waals surface area contributed by atoms with Crippen molar-refractivity contribution in [1.29, 1.82) is 0 Å². The van der Waals surface area contributed by atoms with Gasteiger partial charge in [0.25, 0.3) is 0 Å². The van der Waals surface area contributed by atoms with Crippen LogP contribution >= 0.6 is 0 Å². The van der Waals surface area contributed by atoms with Crippen molar-refractivity contribution in [3.05, 3.63) is 47.3 Å². The van der Waals surface area contributed by atoms with Crippen molar-refractivity contribution in [3.8, 4) is 5.88 Å². The molecule has 1 spiro atoms. The van der Waals surface area contributed by atoms with Crippen LogP contribution in [0.1, 0.15) is 68.9 Å². The number of aryl methyl sites for hydroxylation is 1. The van der Waals surface area contributed by atoms with Gasteiger partial charge in [-0.25, -0.2) is 4.98 Å². The van der Waals surface area contributed by atoms with E-state index in [4.69, 9.17) is 9.47 Å². The minimum atomic E-state index is -4.47. The van der Waals surface area contributed by atoms with E-state index >= 15 is 0 Å². The Balaban J connectivity index is 1.43. The summed E-state index contributed by atoms with van der Waals surface area (Å²) in [7, 11) is 1.21. The van der Waals surface area contributed by atoms with E-state index < -0.39 is 11.7 Å². The smallest absolute Gasteiger partial charge is 0.421 e. The molecule has 2 fully saturated rings. The van der Waals surface area contributed by atoms with Crippen molar-refractivity contribution in [2.45, 2.75) is 76.0 Å². The van der Waals surface area contributed by atoms with E-state index in [2.05, 4.69) is 28.5 Å². The van der Waals surface area contributed by atoms with Gasteiger partial charge in [-0.15, -0.1) is 0 Å². The normalized spacial score (nSPS) is 24.9. The SMILES string of the molecule is COc1ncc(CCCC[C@@]2(C3=CC=CCN3)CCOC3(CCCC3)C2)cc1C(F)(F)F. The number of unbranched alkanes of at least 4 members (excludes halogenated alkanes) is 1. The fraction of sp³-hybridized carbons (Fsp3) is 0.640. The van der Waals surface area contributed by atoms with Gasteiger partial charge in [-0.05, 0) is 62.7 Å². The van der Waals surface area contributed by atoms with E-state index in [1.807, 2.05) is 0 Å². The van der Waals surface area contributed by atoms with Gasteiger partial charge in [-0.3, -0.25) is 0 Å². The summed E-state index contributed by atoms with van der Waals surface area (Å²) >= 11 is 0. The molecule has 3 aliphatic rings. The van der Waals surface area contributed by atoms with Crippen molar-refractivity contribution in [3.63, 3.8) is 0 Å². The van der Waals surface area contributed by atoms with E-state index in [-0.39, 0.29) is 16.9 Å². The molecule has 1 saturated heterocycles. The number of ether oxygens (including phenoxy) is 2. The number of rotatable bonds is 7. The second-order valence-electron chi connectivity index (χ2n) is 9.44. The fourth-order valence-corrected chi connectivity index (χ4v) is 5.75. The number of dihydropyridines is 1. The van der Waals surface area contributed by atoms with Gasteiger partial charge in [0.2, 0.25) is 5.88 Å². The highest BCUT2D eigenvalue weighted by molar-refractivity contribution is 5.32. The molecule has 7 heteroatoms. The lowest BCUT2D eigenvalue weighted by atomic mass is 9.66. The third-order valence-corrected chi connectivity index (χ3v) is 7.32. The molecule has 1 aliphatic carbocycles. The summed E-state index contributed by atoms with van der Waals surface area (Å²) in [5.74, 6) is -0.368. The van der Waals surface area contributed by atoms with Gasteiger partial charge in [0.15, 0.2) is 0 Å². The number of aromatic nitrogens is 1. The molecule has 1 aromatic rings. The molecule has 3 heterocycles. The van der Waals surface area contributed by atoms with Crippen LogP contribution in [0.25, 0.3) is 0 Å². The van der Waals surface area contributed by atoms with E-state index in [9.17, 15) is 13.2 Å². The maximum absolute atomic E-state index is 13.3. The van der Waals surface area contributed by atoms with Crippen molar-refractivity contribution >= 4 is 0 Å². The monoisotopic (exact) mass is 450 g/mol. The number of nitrogens with one attached hydrogen (secondary N) is 1. The molecule has 1 aromatic heterocycles. The molecule has 1 atom stereocenters.